The van der Waals surface area contributed by atoms with E-state index in [1.807, 2.05) is 35.2 Å². The second-order valence-electron chi connectivity index (χ2n) is 7.05. The van der Waals surface area contributed by atoms with Gasteiger partial charge in [0.2, 0.25) is 17.8 Å². The van der Waals surface area contributed by atoms with Crippen molar-refractivity contribution in [3.63, 3.8) is 0 Å². The van der Waals surface area contributed by atoms with Crippen molar-refractivity contribution < 1.29 is 14.3 Å². The lowest BCUT2D eigenvalue weighted by molar-refractivity contribution is -0.153. The smallest absolute Gasteiger partial charge is 0.321 e. The molecule has 2 aliphatic rings. The molecule has 0 bridgehead atoms. The van der Waals surface area contributed by atoms with Crippen LogP contribution in [0.25, 0.3) is 0 Å². The third kappa shape index (κ3) is 4.10. The summed E-state index contributed by atoms with van der Waals surface area (Å²) < 4.78 is 5.14. The van der Waals surface area contributed by atoms with Crippen LogP contribution >= 0.6 is 0 Å². The van der Waals surface area contributed by atoms with Crippen LogP contribution < -0.4 is 10.2 Å². The van der Waals surface area contributed by atoms with E-state index in [0.717, 1.165) is 5.56 Å². The highest BCUT2D eigenvalue weighted by atomic mass is 16.5. The number of aromatic nitrogens is 2. The fraction of sp³-hybridized carbons (Fsp3) is 0.381. The minimum Gasteiger partial charge on any atom is -0.465 e. The number of anilines is 1. The fourth-order valence-corrected chi connectivity index (χ4v) is 3.69. The Morgan fingerprint density at radius 3 is 2.40 bits per heavy atom. The second kappa shape index (κ2) is 8.89. The zero-order chi connectivity index (χ0) is 20.9. The number of nitrogens with zero attached hydrogens (tertiary/aromatic N) is 5. The quantitative estimate of drug-likeness (QED) is 0.595. The van der Waals surface area contributed by atoms with Crippen LogP contribution in [0.4, 0.5) is 5.95 Å². The molecule has 1 saturated heterocycles. The number of rotatable bonds is 4. The van der Waals surface area contributed by atoms with E-state index in [2.05, 4.69) is 20.2 Å². The van der Waals surface area contributed by atoms with Crippen molar-refractivity contribution in [1.82, 2.24) is 20.2 Å². The van der Waals surface area contributed by atoms with Gasteiger partial charge in [0.05, 0.1) is 6.61 Å². The van der Waals surface area contributed by atoms with E-state index in [9.17, 15) is 9.59 Å². The number of hydrogen-bond donors (Lipinski definition) is 1. The topological polar surface area (TPSA) is 100 Å². The van der Waals surface area contributed by atoms with Gasteiger partial charge in [-0.25, -0.2) is 15.0 Å². The molecule has 9 nitrogen and oxygen atoms in total. The zero-order valence-electron chi connectivity index (χ0n) is 16.8. The second-order valence-corrected chi connectivity index (χ2v) is 7.05. The molecule has 2 atom stereocenters. The minimum absolute atomic E-state index is 0.213. The van der Waals surface area contributed by atoms with Gasteiger partial charge in [0.25, 0.3) is 0 Å². The summed E-state index contributed by atoms with van der Waals surface area (Å²) in [4.78, 5) is 42.8. The summed E-state index contributed by atoms with van der Waals surface area (Å²) in [6.07, 6.45) is 3.44. The molecule has 1 fully saturated rings. The number of hydrogen-bond acceptors (Lipinski definition) is 8. The monoisotopic (exact) mass is 408 g/mol. The van der Waals surface area contributed by atoms with Crippen molar-refractivity contribution in [3.8, 4) is 0 Å². The van der Waals surface area contributed by atoms with Gasteiger partial charge in [0, 0.05) is 38.6 Å². The summed E-state index contributed by atoms with van der Waals surface area (Å²) in [5.41, 5.74) is 0.805. The number of aliphatic imine (C=N–C) groups is 1. The maximum absolute atomic E-state index is 12.9. The number of ether oxygens (including phenoxy) is 1. The molecule has 4 rings (SSSR count). The number of amides is 1. The molecule has 1 amide bonds. The Balaban J connectivity index is 1.55. The van der Waals surface area contributed by atoms with E-state index in [4.69, 9.17) is 9.73 Å². The predicted molar refractivity (Wildman–Crippen MR) is 111 cm³/mol. The summed E-state index contributed by atoms with van der Waals surface area (Å²) >= 11 is 0. The lowest BCUT2D eigenvalue weighted by Crippen LogP contribution is -2.57. The first-order chi connectivity index (χ1) is 14.7. The van der Waals surface area contributed by atoms with Gasteiger partial charge in [-0.05, 0) is 18.6 Å². The van der Waals surface area contributed by atoms with Crippen molar-refractivity contribution in [2.75, 3.05) is 37.7 Å². The Kier molecular flexibility index (Phi) is 5.87. The van der Waals surface area contributed by atoms with Crippen molar-refractivity contribution in [3.05, 3.63) is 54.4 Å². The Morgan fingerprint density at radius 1 is 1.07 bits per heavy atom. The molecule has 3 heterocycles. The van der Waals surface area contributed by atoms with Crippen molar-refractivity contribution in [2.24, 2.45) is 10.9 Å². The van der Waals surface area contributed by atoms with E-state index in [1.54, 1.807) is 25.4 Å². The molecule has 0 spiro atoms. The largest absolute Gasteiger partial charge is 0.465 e. The standard InChI is InChI=1S/C21H24N6O3/c1-2-30-19(29)16-17(15-7-4-3-5-8-15)24-21(25-18(16)28)27-13-11-26(12-14-27)20-22-9-6-10-23-20/h3-10,16-17H,2,11-14H2,1H3,(H,24,25,28). The van der Waals surface area contributed by atoms with Gasteiger partial charge in [0.15, 0.2) is 5.92 Å². The molecule has 2 unspecified atom stereocenters. The highest BCUT2D eigenvalue weighted by molar-refractivity contribution is 6.08. The van der Waals surface area contributed by atoms with Crippen LogP contribution in [0.2, 0.25) is 0 Å². The van der Waals surface area contributed by atoms with E-state index in [1.165, 1.54) is 0 Å². The van der Waals surface area contributed by atoms with Crippen LogP contribution in [0.5, 0.6) is 0 Å². The first-order valence-corrected chi connectivity index (χ1v) is 10.0. The third-order valence-electron chi connectivity index (χ3n) is 5.19. The molecule has 0 radical (unpaired) electrons. The highest BCUT2D eigenvalue weighted by Crippen LogP contribution is 2.31. The molecule has 1 aromatic heterocycles. The average molecular weight is 408 g/mol. The van der Waals surface area contributed by atoms with Gasteiger partial charge in [-0.3, -0.25) is 14.9 Å². The molecule has 1 N–H and O–H groups in total. The van der Waals surface area contributed by atoms with Crippen LogP contribution in [0.3, 0.4) is 0 Å². The van der Waals surface area contributed by atoms with E-state index >= 15 is 0 Å². The Morgan fingerprint density at radius 2 is 1.73 bits per heavy atom. The molecule has 30 heavy (non-hydrogen) atoms. The van der Waals surface area contributed by atoms with Crippen molar-refractivity contribution in [1.29, 1.82) is 0 Å². The van der Waals surface area contributed by atoms with Crippen LogP contribution in [0, 0.1) is 5.92 Å². The number of benzene rings is 1. The molecule has 2 aliphatic heterocycles. The average Bonchev–Trinajstić information content (AvgIpc) is 2.80. The lowest BCUT2D eigenvalue weighted by Gasteiger charge is -2.38. The Labute approximate surface area is 174 Å². The molecular formula is C21H24N6O3. The van der Waals surface area contributed by atoms with Crippen LogP contribution in [-0.2, 0) is 14.3 Å². The van der Waals surface area contributed by atoms with E-state index in [-0.39, 0.29) is 12.5 Å². The highest BCUT2D eigenvalue weighted by Gasteiger charge is 2.42. The minimum atomic E-state index is -1.00. The normalized spacial score (nSPS) is 21.6. The number of nitrogens with one attached hydrogen (secondary N) is 1. The first kappa shape index (κ1) is 19.8. The molecule has 0 saturated carbocycles. The number of esters is 1. The van der Waals surface area contributed by atoms with Gasteiger partial charge in [-0.2, -0.15) is 0 Å². The summed E-state index contributed by atoms with van der Waals surface area (Å²) in [7, 11) is 0. The number of carbonyl (C=O) groups is 2. The molecule has 2 aromatic rings. The van der Waals surface area contributed by atoms with Crippen LogP contribution in [0.15, 0.2) is 53.8 Å². The van der Waals surface area contributed by atoms with Crippen molar-refractivity contribution >= 4 is 23.8 Å². The fourth-order valence-electron chi connectivity index (χ4n) is 3.69. The first-order valence-electron chi connectivity index (χ1n) is 10.0. The van der Waals surface area contributed by atoms with E-state index in [0.29, 0.717) is 38.1 Å². The van der Waals surface area contributed by atoms with Gasteiger partial charge < -0.3 is 14.5 Å². The van der Waals surface area contributed by atoms with E-state index < -0.39 is 17.9 Å². The lowest BCUT2D eigenvalue weighted by atomic mass is 9.91. The SMILES string of the molecule is CCOC(=O)C1C(=O)NC(N2CCN(c3ncccn3)CC2)=NC1c1ccccc1. The molecular weight excluding hydrogens is 384 g/mol. The summed E-state index contributed by atoms with van der Waals surface area (Å²) in [5, 5.41) is 2.82. The maximum Gasteiger partial charge on any atom is 0.321 e. The third-order valence-corrected chi connectivity index (χ3v) is 5.19. The molecule has 0 aliphatic carbocycles. The number of guanidine groups is 1. The van der Waals surface area contributed by atoms with Crippen molar-refractivity contribution in [2.45, 2.75) is 13.0 Å². The molecule has 9 heteroatoms. The number of carbonyl (C=O) groups excluding carboxylic acids is 2. The summed E-state index contributed by atoms with van der Waals surface area (Å²) in [6.45, 7) is 4.66. The zero-order valence-corrected chi connectivity index (χ0v) is 16.8. The Bertz CT molecular complexity index is 913. The molecule has 1 aromatic carbocycles. The van der Waals surface area contributed by atoms with Crippen LogP contribution in [-0.4, -0.2) is 65.5 Å². The van der Waals surface area contributed by atoms with Gasteiger partial charge in [0.1, 0.15) is 6.04 Å². The Hall–Kier alpha value is -3.49. The summed E-state index contributed by atoms with van der Waals surface area (Å²) in [5.74, 6) is -0.770. The predicted octanol–water partition coefficient (Wildman–Crippen LogP) is 1.01. The van der Waals surface area contributed by atoms with Gasteiger partial charge >= 0.3 is 5.97 Å². The van der Waals surface area contributed by atoms with Gasteiger partial charge in [-0.1, -0.05) is 30.3 Å². The van der Waals surface area contributed by atoms with Gasteiger partial charge in [-0.15, -0.1) is 0 Å². The summed E-state index contributed by atoms with van der Waals surface area (Å²) in [6, 6.07) is 10.6. The maximum atomic E-state index is 12.9. The molecule has 156 valence electrons. The van der Waals surface area contributed by atoms with Crippen LogP contribution in [0.1, 0.15) is 18.5 Å². The number of piperazine rings is 1.